The van der Waals surface area contributed by atoms with E-state index in [-0.39, 0.29) is 30.2 Å². The Balaban J connectivity index is 1.78. The molecule has 2 N–H and O–H groups in total. The third-order valence-corrected chi connectivity index (χ3v) is 4.98. The van der Waals surface area contributed by atoms with Gasteiger partial charge in [-0.1, -0.05) is 20.3 Å². The van der Waals surface area contributed by atoms with Crippen molar-refractivity contribution in [1.29, 1.82) is 0 Å². The Kier molecular flexibility index (Phi) is 9.47. The maximum Gasteiger partial charge on any atom is 0.251 e. The highest BCUT2D eigenvalue weighted by Crippen LogP contribution is 2.17. The van der Waals surface area contributed by atoms with Crippen LogP contribution in [0.4, 0.5) is 0 Å². The van der Waals surface area contributed by atoms with Crippen molar-refractivity contribution in [2.75, 3.05) is 32.8 Å². The van der Waals surface area contributed by atoms with Crippen LogP contribution in [-0.4, -0.2) is 55.4 Å². The Bertz CT molecular complexity index is 675. The van der Waals surface area contributed by atoms with E-state index in [1.165, 1.54) is 0 Å². The summed E-state index contributed by atoms with van der Waals surface area (Å²) >= 11 is 0. The van der Waals surface area contributed by atoms with Gasteiger partial charge in [0.2, 0.25) is 11.8 Å². The van der Waals surface area contributed by atoms with Crippen molar-refractivity contribution in [3.05, 3.63) is 29.8 Å². The zero-order valence-electron chi connectivity index (χ0n) is 17.5. The summed E-state index contributed by atoms with van der Waals surface area (Å²) in [5.41, 5.74) is 0.483. The van der Waals surface area contributed by atoms with E-state index in [2.05, 4.69) is 17.6 Å². The number of rotatable bonds is 10. The fourth-order valence-electron chi connectivity index (χ4n) is 3.22. The Morgan fingerprint density at radius 2 is 1.86 bits per heavy atom. The van der Waals surface area contributed by atoms with Crippen LogP contribution in [0.3, 0.4) is 0 Å². The molecule has 1 heterocycles. The summed E-state index contributed by atoms with van der Waals surface area (Å²) in [5.74, 6) is 0.107. The third kappa shape index (κ3) is 7.40. The van der Waals surface area contributed by atoms with Crippen molar-refractivity contribution >= 4 is 17.7 Å². The molecular weight excluding hydrogens is 370 g/mol. The van der Waals surface area contributed by atoms with Crippen LogP contribution in [0.2, 0.25) is 0 Å². The Labute approximate surface area is 173 Å². The van der Waals surface area contributed by atoms with Crippen molar-refractivity contribution in [1.82, 2.24) is 15.5 Å². The van der Waals surface area contributed by atoms with Crippen molar-refractivity contribution in [2.24, 2.45) is 5.92 Å². The minimum atomic E-state index is -0.298. The first-order chi connectivity index (χ1) is 14.0. The van der Waals surface area contributed by atoms with E-state index >= 15 is 0 Å². The van der Waals surface area contributed by atoms with Crippen molar-refractivity contribution in [3.8, 4) is 5.75 Å². The highest BCUT2D eigenvalue weighted by atomic mass is 16.5. The molecule has 1 saturated heterocycles. The molecular formula is C22H33N3O4. The zero-order valence-corrected chi connectivity index (χ0v) is 17.5. The van der Waals surface area contributed by atoms with Crippen LogP contribution < -0.4 is 15.4 Å². The average molecular weight is 404 g/mol. The van der Waals surface area contributed by atoms with Gasteiger partial charge in [0.05, 0.1) is 19.1 Å². The van der Waals surface area contributed by atoms with E-state index in [9.17, 15) is 14.4 Å². The molecule has 1 atom stereocenters. The normalized spacial score (nSPS) is 16.2. The number of hydrogen-bond donors (Lipinski definition) is 2. The summed E-state index contributed by atoms with van der Waals surface area (Å²) in [6.07, 6.45) is 4.53. The van der Waals surface area contributed by atoms with Crippen molar-refractivity contribution in [2.45, 2.75) is 46.0 Å². The highest BCUT2D eigenvalue weighted by Gasteiger charge is 2.28. The summed E-state index contributed by atoms with van der Waals surface area (Å²) in [5, 5.41) is 5.57. The molecule has 7 nitrogen and oxygen atoms in total. The van der Waals surface area contributed by atoms with Crippen LogP contribution in [0.5, 0.6) is 5.75 Å². The van der Waals surface area contributed by atoms with E-state index in [0.717, 1.165) is 37.9 Å². The van der Waals surface area contributed by atoms with Gasteiger partial charge in [-0.25, -0.2) is 0 Å². The predicted molar refractivity (Wildman–Crippen MR) is 112 cm³/mol. The maximum atomic E-state index is 12.5. The lowest BCUT2D eigenvalue weighted by Gasteiger charge is -2.32. The first kappa shape index (κ1) is 22.7. The SMILES string of the molecule is CCCCOc1ccc(C(=O)NCC(=O)N2CCCC(C(=O)NCCC)C2)cc1. The minimum Gasteiger partial charge on any atom is -0.494 e. The molecule has 1 aromatic carbocycles. The molecule has 1 aliphatic heterocycles. The standard InChI is InChI=1S/C22H33N3O4/c1-3-5-14-29-19-10-8-17(9-11-19)21(27)24-15-20(26)25-13-6-7-18(16-25)22(28)23-12-4-2/h8-11,18H,3-7,12-16H2,1-2H3,(H,23,28)(H,24,27). The van der Waals surface area contributed by atoms with E-state index in [4.69, 9.17) is 4.74 Å². The Morgan fingerprint density at radius 3 is 2.55 bits per heavy atom. The van der Waals surface area contributed by atoms with Gasteiger partial charge in [-0.3, -0.25) is 14.4 Å². The van der Waals surface area contributed by atoms with E-state index < -0.39 is 0 Å². The zero-order chi connectivity index (χ0) is 21.1. The second-order valence-corrected chi connectivity index (χ2v) is 7.38. The second-order valence-electron chi connectivity index (χ2n) is 7.38. The quantitative estimate of drug-likeness (QED) is 0.587. The van der Waals surface area contributed by atoms with Gasteiger partial charge in [0.1, 0.15) is 5.75 Å². The summed E-state index contributed by atoms with van der Waals surface area (Å²) in [6, 6.07) is 6.90. The van der Waals surface area contributed by atoms with Crippen LogP contribution in [-0.2, 0) is 9.59 Å². The van der Waals surface area contributed by atoms with Gasteiger partial charge < -0.3 is 20.3 Å². The van der Waals surface area contributed by atoms with Gasteiger partial charge >= 0.3 is 0 Å². The molecule has 0 radical (unpaired) electrons. The molecule has 7 heteroatoms. The number of carbonyl (C=O) groups is 3. The molecule has 1 unspecified atom stereocenters. The van der Waals surface area contributed by atoms with Crippen LogP contribution >= 0.6 is 0 Å². The fraction of sp³-hybridized carbons (Fsp3) is 0.591. The topological polar surface area (TPSA) is 87.7 Å². The van der Waals surface area contributed by atoms with Gasteiger partial charge in [-0.2, -0.15) is 0 Å². The number of benzene rings is 1. The Hall–Kier alpha value is -2.57. The molecule has 0 aromatic heterocycles. The number of hydrogen-bond acceptors (Lipinski definition) is 4. The van der Waals surface area contributed by atoms with Gasteiger partial charge in [0.25, 0.3) is 5.91 Å². The lowest BCUT2D eigenvalue weighted by atomic mass is 9.97. The molecule has 1 aromatic rings. The number of ether oxygens (including phenoxy) is 1. The lowest BCUT2D eigenvalue weighted by Crippen LogP contribution is -2.48. The summed E-state index contributed by atoms with van der Waals surface area (Å²) in [4.78, 5) is 38.6. The summed E-state index contributed by atoms with van der Waals surface area (Å²) in [6.45, 7) is 6.38. The van der Waals surface area contributed by atoms with Crippen molar-refractivity contribution in [3.63, 3.8) is 0 Å². The molecule has 160 valence electrons. The third-order valence-electron chi connectivity index (χ3n) is 4.98. The molecule has 0 saturated carbocycles. The van der Waals surface area contributed by atoms with Crippen LogP contribution in [0.1, 0.15) is 56.3 Å². The molecule has 2 rings (SSSR count). The average Bonchev–Trinajstić information content (AvgIpc) is 2.76. The second kappa shape index (κ2) is 12.1. The van der Waals surface area contributed by atoms with Gasteiger partial charge in [0, 0.05) is 25.2 Å². The molecule has 0 bridgehead atoms. The first-order valence-electron chi connectivity index (χ1n) is 10.6. The van der Waals surface area contributed by atoms with Gasteiger partial charge in [0.15, 0.2) is 0 Å². The maximum absolute atomic E-state index is 12.5. The highest BCUT2D eigenvalue weighted by molar-refractivity contribution is 5.96. The Morgan fingerprint density at radius 1 is 1.10 bits per heavy atom. The summed E-state index contributed by atoms with van der Waals surface area (Å²) in [7, 11) is 0. The summed E-state index contributed by atoms with van der Waals surface area (Å²) < 4.78 is 5.59. The van der Waals surface area contributed by atoms with Gasteiger partial charge in [-0.15, -0.1) is 0 Å². The van der Waals surface area contributed by atoms with Crippen LogP contribution in [0.25, 0.3) is 0 Å². The molecule has 1 aliphatic rings. The largest absolute Gasteiger partial charge is 0.494 e. The number of amides is 3. The number of nitrogens with one attached hydrogen (secondary N) is 2. The lowest BCUT2D eigenvalue weighted by molar-refractivity contribution is -0.134. The van der Waals surface area contributed by atoms with E-state index in [1.54, 1.807) is 29.2 Å². The number of carbonyl (C=O) groups excluding carboxylic acids is 3. The van der Waals surface area contributed by atoms with E-state index in [0.29, 0.717) is 31.8 Å². The van der Waals surface area contributed by atoms with Crippen LogP contribution in [0.15, 0.2) is 24.3 Å². The molecule has 1 fully saturated rings. The molecule has 3 amide bonds. The van der Waals surface area contributed by atoms with E-state index in [1.807, 2.05) is 6.92 Å². The number of nitrogens with zero attached hydrogens (tertiary/aromatic N) is 1. The molecule has 29 heavy (non-hydrogen) atoms. The smallest absolute Gasteiger partial charge is 0.251 e. The number of likely N-dealkylation sites (tertiary alicyclic amines) is 1. The number of piperidine rings is 1. The first-order valence-corrected chi connectivity index (χ1v) is 10.6. The minimum absolute atomic E-state index is 0.00892. The fourth-order valence-corrected chi connectivity index (χ4v) is 3.22. The monoisotopic (exact) mass is 403 g/mol. The number of unbranched alkanes of at least 4 members (excludes halogenated alkanes) is 1. The van der Waals surface area contributed by atoms with Crippen LogP contribution in [0, 0.1) is 5.92 Å². The van der Waals surface area contributed by atoms with Crippen molar-refractivity contribution < 1.29 is 19.1 Å². The molecule has 0 aliphatic carbocycles. The predicted octanol–water partition coefficient (Wildman–Crippen LogP) is 2.36. The molecule has 0 spiro atoms. The van der Waals surface area contributed by atoms with Gasteiger partial charge in [-0.05, 0) is 49.9 Å².